The summed E-state index contributed by atoms with van der Waals surface area (Å²) in [6.07, 6.45) is 0.00709. The highest BCUT2D eigenvalue weighted by atomic mass is 16.5. The number of likely N-dealkylation sites (N-methyl/N-ethyl adjacent to an activating group) is 2. The molecule has 1 aliphatic rings. The van der Waals surface area contributed by atoms with Gasteiger partial charge >= 0.3 is 0 Å². The molecule has 0 aromatic heterocycles. The molecule has 5 nitrogen and oxygen atoms in total. The van der Waals surface area contributed by atoms with Crippen LogP contribution in [0.4, 0.5) is 5.69 Å². The van der Waals surface area contributed by atoms with Gasteiger partial charge in [-0.05, 0) is 35.9 Å². The van der Waals surface area contributed by atoms with Crippen LogP contribution in [0.1, 0.15) is 33.2 Å². The Morgan fingerprint density at radius 1 is 0.906 bits per heavy atom. The minimum absolute atomic E-state index is 0.00709. The lowest BCUT2D eigenvalue weighted by molar-refractivity contribution is 0.0410. The van der Waals surface area contributed by atoms with E-state index in [1.807, 2.05) is 61.5 Å². The first-order valence-electron chi connectivity index (χ1n) is 11.1. The second kappa shape index (κ2) is 10.4. The van der Waals surface area contributed by atoms with Crippen molar-refractivity contribution in [2.45, 2.75) is 19.3 Å². The molecule has 0 fully saturated rings. The fourth-order valence-electron chi connectivity index (χ4n) is 4.09. The zero-order chi connectivity index (χ0) is 22.3. The van der Waals surface area contributed by atoms with Crippen molar-refractivity contribution < 1.29 is 9.53 Å². The number of hydrogen-bond acceptors (Lipinski definition) is 4. The zero-order valence-electron chi connectivity index (χ0n) is 18.8. The van der Waals surface area contributed by atoms with Crippen LogP contribution in [0.5, 0.6) is 0 Å². The van der Waals surface area contributed by atoms with Crippen molar-refractivity contribution >= 4 is 11.6 Å². The Hall–Kier alpha value is -3.15. The molecule has 1 amide bonds. The van der Waals surface area contributed by atoms with Gasteiger partial charge in [0.2, 0.25) is 0 Å². The van der Waals surface area contributed by atoms with E-state index in [-0.39, 0.29) is 12.0 Å². The molecular weight excluding hydrogens is 398 g/mol. The minimum atomic E-state index is 0.00709. The van der Waals surface area contributed by atoms with Gasteiger partial charge in [0.1, 0.15) is 0 Å². The number of hydrogen-bond donors (Lipinski definition) is 1. The number of ether oxygens (including phenoxy) is 1. The summed E-state index contributed by atoms with van der Waals surface area (Å²) in [7, 11) is 3.98. The van der Waals surface area contributed by atoms with Crippen molar-refractivity contribution in [2.75, 3.05) is 38.6 Å². The first-order valence-corrected chi connectivity index (χ1v) is 11.1. The van der Waals surface area contributed by atoms with Gasteiger partial charge in [-0.2, -0.15) is 0 Å². The van der Waals surface area contributed by atoms with E-state index in [2.05, 4.69) is 46.6 Å². The number of rotatable bonds is 8. The molecule has 4 rings (SSSR count). The number of carbonyl (C=O) groups excluding carboxylic acids is 1. The second-order valence-corrected chi connectivity index (χ2v) is 8.25. The standard InChI is InChI=1S/C27H31N3O2/c1-28-18-26(23-8-4-3-5-9-23)32-20-22-14-12-21(13-15-22)19-30-17-16-29(2)25-11-7-6-10-24(25)27(30)31/h3-15,26,28H,16-20H2,1-2H3. The maximum absolute atomic E-state index is 13.1. The van der Waals surface area contributed by atoms with E-state index in [4.69, 9.17) is 4.74 Å². The number of anilines is 1. The number of fused-ring (bicyclic) bond motifs is 1. The van der Waals surface area contributed by atoms with Gasteiger partial charge in [-0.1, -0.05) is 66.7 Å². The highest BCUT2D eigenvalue weighted by Crippen LogP contribution is 2.25. The molecule has 0 bridgehead atoms. The maximum Gasteiger partial charge on any atom is 0.256 e. The summed E-state index contributed by atoms with van der Waals surface area (Å²) in [5.74, 6) is 0.0927. The Bertz CT molecular complexity index is 1020. The highest BCUT2D eigenvalue weighted by Gasteiger charge is 2.24. The van der Waals surface area contributed by atoms with Crippen LogP contribution < -0.4 is 10.2 Å². The van der Waals surface area contributed by atoms with Crippen molar-refractivity contribution in [2.24, 2.45) is 0 Å². The molecule has 1 heterocycles. The Kier molecular flexibility index (Phi) is 7.20. The molecule has 0 saturated carbocycles. The molecule has 0 aliphatic carbocycles. The number of benzene rings is 3. The van der Waals surface area contributed by atoms with Crippen LogP contribution >= 0.6 is 0 Å². The lowest BCUT2D eigenvalue weighted by Crippen LogP contribution is -2.33. The molecule has 32 heavy (non-hydrogen) atoms. The van der Waals surface area contributed by atoms with Crippen molar-refractivity contribution in [3.8, 4) is 0 Å². The highest BCUT2D eigenvalue weighted by molar-refractivity contribution is 6.00. The number of carbonyl (C=O) groups is 1. The normalized spacial score (nSPS) is 14.8. The van der Waals surface area contributed by atoms with Gasteiger partial charge in [-0.25, -0.2) is 0 Å². The average molecular weight is 430 g/mol. The topological polar surface area (TPSA) is 44.8 Å². The third-order valence-electron chi connectivity index (χ3n) is 5.95. The average Bonchev–Trinajstić information content (AvgIpc) is 2.95. The number of nitrogens with zero attached hydrogens (tertiary/aromatic N) is 2. The van der Waals surface area contributed by atoms with Crippen LogP contribution in [-0.2, 0) is 17.9 Å². The summed E-state index contributed by atoms with van der Waals surface area (Å²) in [6, 6.07) is 26.5. The van der Waals surface area contributed by atoms with Crippen LogP contribution in [0, 0.1) is 0 Å². The Balaban J connectivity index is 1.39. The van der Waals surface area contributed by atoms with E-state index in [0.717, 1.165) is 35.5 Å². The predicted molar refractivity (Wildman–Crippen MR) is 129 cm³/mol. The first kappa shape index (κ1) is 22.1. The SMILES string of the molecule is CNCC(OCc1ccc(CN2CCN(C)c3ccccc3C2=O)cc1)c1ccccc1. The van der Waals surface area contributed by atoms with Gasteiger partial charge in [0.25, 0.3) is 5.91 Å². The minimum Gasteiger partial charge on any atom is -0.372 e. The molecule has 1 N–H and O–H groups in total. The van der Waals surface area contributed by atoms with Gasteiger partial charge in [0.15, 0.2) is 0 Å². The lowest BCUT2D eigenvalue weighted by Gasteiger charge is -2.21. The molecule has 3 aromatic carbocycles. The van der Waals surface area contributed by atoms with Crippen molar-refractivity contribution in [1.82, 2.24) is 10.2 Å². The maximum atomic E-state index is 13.1. The molecule has 0 radical (unpaired) electrons. The summed E-state index contributed by atoms with van der Waals surface area (Å²) < 4.78 is 6.20. The summed E-state index contributed by atoms with van der Waals surface area (Å²) in [6.45, 7) is 3.44. The Morgan fingerprint density at radius 2 is 1.59 bits per heavy atom. The predicted octanol–water partition coefficient (Wildman–Crippen LogP) is 4.26. The van der Waals surface area contributed by atoms with E-state index >= 15 is 0 Å². The van der Waals surface area contributed by atoms with Crippen molar-refractivity contribution in [3.63, 3.8) is 0 Å². The molecular formula is C27H31N3O2. The fraction of sp³-hybridized carbons (Fsp3) is 0.296. The van der Waals surface area contributed by atoms with Crippen molar-refractivity contribution in [3.05, 3.63) is 101 Å². The first-order chi connectivity index (χ1) is 15.7. The summed E-state index contributed by atoms with van der Waals surface area (Å²) >= 11 is 0. The molecule has 5 heteroatoms. The lowest BCUT2D eigenvalue weighted by atomic mass is 10.1. The van der Waals surface area contributed by atoms with Gasteiger partial charge in [-0.3, -0.25) is 4.79 Å². The third kappa shape index (κ3) is 5.18. The van der Waals surface area contributed by atoms with E-state index in [0.29, 0.717) is 19.7 Å². The molecule has 1 aliphatic heterocycles. The smallest absolute Gasteiger partial charge is 0.256 e. The number of para-hydroxylation sites is 1. The largest absolute Gasteiger partial charge is 0.372 e. The monoisotopic (exact) mass is 429 g/mol. The van der Waals surface area contributed by atoms with Crippen LogP contribution in [0.15, 0.2) is 78.9 Å². The van der Waals surface area contributed by atoms with E-state index in [1.54, 1.807) is 0 Å². The van der Waals surface area contributed by atoms with Crippen LogP contribution in [0.3, 0.4) is 0 Å². The quantitative estimate of drug-likeness (QED) is 0.581. The molecule has 1 atom stereocenters. The second-order valence-electron chi connectivity index (χ2n) is 8.25. The zero-order valence-corrected chi connectivity index (χ0v) is 18.8. The van der Waals surface area contributed by atoms with Crippen LogP contribution in [0.25, 0.3) is 0 Å². The summed E-state index contributed by atoms with van der Waals surface area (Å²) in [4.78, 5) is 17.2. The van der Waals surface area contributed by atoms with Crippen LogP contribution in [-0.4, -0.2) is 44.5 Å². The summed E-state index contributed by atoms with van der Waals surface area (Å²) in [5.41, 5.74) is 5.19. The van der Waals surface area contributed by atoms with Gasteiger partial charge in [0.05, 0.1) is 18.3 Å². The molecule has 166 valence electrons. The van der Waals surface area contributed by atoms with Gasteiger partial charge in [0, 0.05) is 38.9 Å². The Labute approximate surface area is 190 Å². The molecule has 1 unspecified atom stereocenters. The molecule has 0 spiro atoms. The molecule has 0 saturated heterocycles. The molecule has 3 aromatic rings. The van der Waals surface area contributed by atoms with Crippen molar-refractivity contribution in [1.29, 1.82) is 0 Å². The van der Waals surface area contributed by atoms with Gasteiger partial charge in [-0.15, -0.1) is 0 Å². The van der Waals surface area contributed by atoms with E-state index < -0.39 is 0 Å². The number of amides is 1. The Morgan fingerprint density at radius 3 is 2.34 bits per heavy atom. The number of nitrogens with one attached hydrogen (secondary N) is 1. The van der Waals surface area contributed by atoms with E-state index in [9.17, 15) is 4.79 Å². The summed E-state index contributed by atoms with van der Waals surface area (Å²) in [5, 5.41) is 3.21. The van der Waals surface area contributed by atoms with E-state index in [1.165, 1.54) is 5.56 Å². The van der Waals surface area contributed by atoms with Crippen LogP contribution in [0.2, 0.25) is 0 Å². The fourth-order valence-corrected chi connectivity index (χ4v) is 4.09. The third-order valence-corrected chi connectivity index (χ3v) is 5.95. The van der Waals surface area contributed by atoms with Gasteiger partial charge < -0.3 is 19.9 Å².